The second-order valence-corrected chi connectivity index (χ2v) is 7.31. The molecule has 1 atom stereocenters. The van der Waals surface area contributed by atoms with Crippen LogP contribution in [0.5, 0.6) is 0 Å². The first kappa shape index (κ1) is 15.2. The minimum Gasteiger partial charge on any atom is -0.481 e. The molecular weight excluding hydrogens is 298 g/mol. The van der Waals surface area contributed by atoms with Crippen LogP contribution in [0.2, 0.25) is 0 Å². The van der Waals surface area contributed by atoms with Gasteiger partial charge in [-0.15, -0.1) is 11.3 Å². The summed E-state index contributed by atoms with van der Waals surface area (Å²) in [7, 11) is 0. The van der Waals surface area contributed by atoms with Crippen LogP contribution in [-0.2, 0) is 17.6 Å². The number of anilines is 1. The summed E-state index contributed by atoms with van der Waals surface area (Å²) in [6, 6.07) is 0. The third kappa shape index (κ3) is 2.67. The zero-order chi connectivity index (χ0) is 15.9. The number of hydrogen-bond acceptors (Lipinski definition) is 5. The van der Waals surface area contributed by atoms with E-state index in [-0.39, 0.29) is 5.92 Å². The number of nitrogens with one attached hydrogen (secondary N) is 1. The first-order valence-corrected chi connectivity index (χ1v) is 8.54. The van der Waals surface area contributed by atoms with Crippen molar-refractivity contribution in [3.05, 3.63) is 16.3 Å². The topological polar surface area (TPSA) is 75.1 Å². The van der Waals surface area contributed by atoms with Gasteiger partial charge in [0.05, 0.1) is 11.3 Å². The van der Waals surface area contributed by atoms with Gasteiger partial charge in [-0.3, -0.25) is 4.79 Å². The molecule has 5 nitrogen and oxygen atoms in total. The second-order valence-electron chi connectivity index (χ2n) is 6.23. The lowest BCUT2D eigenvalue weighted by Gasteiger charge is -2.17. The van der Waals surface area contributed by atoms with E-state index in [1.165, 1.54) is 16.9 Å². The number of hydrogen-bond donors (Lipinski definition) is 2. The van der Waals surface area contributed by atoms with Crippen molar-refractivity contribution in [3.63, 3.8) is 0 Å². The number of aromatic nitrogens is 2. The Morgan fingerprint density at radius 3 is 2.82 bits per heavy atom. The first-order valence-electron chi connectivity index (χ1n) is 7.73. The number of rotatable bonds is 5. The molecular formula is C16H21N3O2S. The molecule has 0 spiro atoms. The van der Waals surface area contributed by atoms with E-state index in [1.54, 1.807) is 11.3 Å². The third-order valence-electron chi connectivity index (χ3n) is 4.29. The molecule has 2 N–H and O–H groups in total. The summed E-state index contributed by atoms with van der Waals surface area (Å²) in [6.45, 7) is 6.14. The summed E-state index contributed by atoms with van der Waals surface area (Å²) in [5.41, 5.74) is 1.36. The third-order valence-corrected chi connectivity index (χ3v) is 5.47. The summed E-state index contributed by atoms with van der Waals surface area (Å²) in [5.74, 6) is 0.425. The Bertz CT molecular complexity index is 724. The molecule has 0 aromatic carbocycles. The number of aliphatic carboxylic acids is 1. The maximum Gasteiger partial charge on any atom is 0.308 e. The molecule has 2 aromatic heterocycles. The van der Waals surface area contributed by atoms with Gasteiger partial charge >= 0.3 is 5.97 Å². The molecule has 1 unspecified atom stereocenters. The van der Waals surface area contributed by atoms with Gasteiger partial charge in [0.25, 0.3) is 0 Å². The molecule has 2 heterocycles. The zero-order valence-electron chi connectivity index (χ0n) is 13.1. The van der Waals surface area contributed by atoms with E-state index in [1.807, 2.05) is 20.8 Å². The predicted molar refractivity (Wildman–Crippen MR) is 88.6 cm³/mol. The first-order chi connectivity index (χ1) is 10.5. The van der Waals surface area contributed by atoms with Gasteiger partial charge in [-0.05, 0) is 37.7 Å². The fourth-order valence-corrected chi connectivity index (χ4v) is 4.35. The van der Waals surface area contributed by atoms with Crippen molar-refractivity contribution in [1.82, 2.24) is 9.97 Å². The van der Waals surface area contributed by atoms with E-state index in [0.717, 1.165) is 34.7 Å². The number of carboxylic acid groups (broad SMARTS) is 1. The van der Waals surface area contributed by atoms with E-state index < -0.39 is 11.9 Å². The minimum atomic E-state index is -0.764. The van der Waals surface area contributed by atoms with E-state index in [2.05, 4.69) is 15.3 Å². The van der Waals surface area contributed by atoms with Crippen LogP contribution >= 0.6 is 11.3 Å². The fourth-order valence-electron chi connectivity index (χ4n) is 3.05. The largest absolute Gasteiger partial charge is 0.481 e. The van der Waals surface area contributed by atoms with Gasteiger partial charge in [0.2, 0.25) is 0 Å². The van der Waals surface area contributed by atoms with Crippen molar-refractivity contribution in [2.45, 2.75) is 40.0 Å². The molecule has 0 bridgehead atoms. The molecule has 1 aliphatic carbocycles. The maximum atomic E-state index is 11.4. The summed E-state index contributed by atoms with van der Waals surface area (Å²) < 4.78 is 0. The zero-order valence-corrected chi connectivity index (χ0v) is 14.0. The minimum absolute atomic E-state index is 0.0802. The van der Waals surface area contributed by atoms with E-state index in [4.69, 9.17) is 0 Å². The molecule has 0 amide bonds. The fraction of sp³-hybridized carbons (Fsp3) is 0.562. The Morgan fingerprint density at radius 1 is 1.36 bits per heavy atom. The lowest BCUT2D eigenvalue weighted by Crippen LogP contribution is -2.28. The molecule has 22 heavy (non-hydrogen) atoms. The molecule has 0 fully saturated rings. The lowest BCUT2D eigenvalue weighted by molar-refractivity contribution is -0.142. The van der Waals surface area contributed by atoms with Crippen LogP contribution in [0, 0.1) is 18.8 Å². The molecule has 0 saturated carbocycles. The summed E-state index contributed by atoms with van der Waals surface area (Å²) in [5, 5.41) is 13.7. The SMILES string of the molecule is Cc1nc(NCC(C(=O)O)C(C)C)c2c3c(sc2n1)CCC3. The van der Waals surface area contributed by atoms with Crippen LogP contribution in [0.25, 0.3) is 10.2 Å². The highest BCUT2D eigenvalue weighted by atomic mass is 32.1. The molecule has 1 aliphatic rings. The van der Waals surface area contributed by atoms with Crippen molar-refractivity contribution in [2.24, 2.45) is 11.8 Å². The van der Waals surface area contributed by atoms with E-state index in [0.29, 0.717) is 6.54 Å². The number of fused-ring (bicyclic) bond motifs is 3. The molecule has 0 saturated heterocycles. The monoisotopic (exact) mass is 319 g/mol. The van der Waals surface area contributed by atoms with Gasteiger partial charge in [-0.2, -0.15) is 0 Å². The summed E-state index contributed by atoms with van der Waals surface area (Å²) in [4.78, 5) is 22.9. The van der Waals surface area contributed by atoms with Crippen molar-refractivity contribution in [2.75, 3.05) is 11.9 Å². The van der Waals surface area contributed by atoms with Crippen LogP contribution in [0.15, 0.2) is 0 Å². The Labute approximate surface area is 133 Å². The van der Waals surface area contributed by atoms with Crippen LogP contribution < -0.4 is 5.32 Å². The predicted octanol–water partition coefficient (Wildman–Crippen LogP) is 3.26. The maximum absolute atomic E-state index is 11.4. The molecule has 2 aromatic rings. The van der Waals surface area contributed by atoms with Crippen molar-refractivity contribution < 1.29 is 9.90 Å². The Balaban J connectivity index is 1.94. The molecule has 118 valence electrons. The Morgan fingerprint density at radius 2 is 2.14 bits per heavy atom. The van der Waals surface area contributed by atoms with Gasteiger partial charge in [-0.25, -0.2) is 9.97 Å². The van der Waals surface area contributed by atoms with Gasteiger partial charge in [0.1, 0.15) is 16.5 Å². The summed E-state index contributed by atoms with van der Waals surface area (Å²) >= 11 is 1.75. The Kier molecular flexibility index (Phi) is 4.04. The molecule has 3 rings (SSSR count). The number of carboxylic acids is 1. The lowest BCUT2D eigenvalue weighted by atomic mass is 9.96. The quantitative estimate of drug-likeness (QED) is 0.885. The highest BCUT2D eigenvalue weighted by Crippen LogP contribution is 2.39. The average molecular weight is 319 g/mol. The van der Waals surface area contributed by atoms with Gasteiger partial charge in [0, 0.05) is 11.4 Å². The van der Waals surface area contributed by atoms with Crippen LogP contribution in [0.3, 0.4) is 0 Å². The van der Waals surface area contributed by atoms with Gasteiger partial charge < -0.3 is 10.4 Å². The number of nitrogens with zero attached hydrogens (tertiary/aromatic N) is 2. The standard InChI is InChI=1S/C16H21N3O2S/c1-8(2)11(16(20)21)7-17-14-13-10-5-4-6-12(10)22-15(13)19-9(3)18-14/h8,11H,4-7H2,1-3H3,(H,20,21)(H,17,18,19). The van der Waals surface area contributed by atoms with Crippen LogP contribution in [0.4, 0.5) is 5.82 Å². The average Bonchev–Trinajstić information content (AvgIpc) is 2.97. The normalized spacial score (nSPS) is 15.3. The number of aryl methyl sites for hydroxylation is 3. The van der Waals surface area contributed by atoms with Gasteiger partial charge in [0.15, 0.2) is 0 Å². The van der Waals surface area contributed by atoms with E-state index >= 15 is 0 Å². The van der Waals surface area contributed by atoms with Crippen molar-refractivity contribution >= 4 is 33.3 Å². The highest BCUT2D eigenvalue weighted by Gasteiger charge is 2.24. The number of carbonyl (C=O) groups is 1. The second kappa shape index (κ2) is 5.83. The Hall–Kier alpha value is -1.69. The molecule has 0 aliphatic heterocycles. The summed E-state index contributed by atoms with van der Waals surface area (Å²) in [6.07, 6.45) is 3.38. The van der Waals surface area contributed by atoms with Crippen LogP contribution in [0.1, 0.15) is 36.5 Å². The van der Waals surface area contributed by atoms with Gasteiger partial charge in [-0.1, -0.05) is 13.8 Å². The van der Waals surface area contributed by atoms with Crippen LogP contribution in [-0.4, -0.2) is 27.6 Å². The van der Waals surface area contributed by atoms with Crippen molar-refractivity contribution in [1.29, 1.82) is 0 Å². The number of thiophene rings is 1. The van der Waals surface area contributed by atoms with E-state index in [9.17, 15) is 9.90 Å². The molecule has 0 radical (unpaired) electrons. The smallest absolute Gasteiger partial charge is 0.308 e. The molecule has 6 heteroatoms. The highest BCUT2D eigenvalue weighted by molar-refractivity contribution is 7.19. The van der Waals surface area contributed by atoms with Crippen molar-refractivity contribution in [3.8, 4) is 0 Å².